The third-order valence-electron chi connectivity index (χ3n) is 1.95. The van der Waals surface area contributed by atoms with Gasteiger partial charge in [-0.2, -0.15) is 0 Å². The molecule has 0 fully saturated rings. The molecule has 0 unspecified atom stereocenters. The Morgan fingerprint density at radius 2 is 1.53 bits per heavy atom. The van der Waals surface area contributed by atoms with Crippen LogP contribution in [-0.4, -0.2) is 22.2 Å². The first-order valence-corrected chi connectivity index (χ1v) is 6.00. The quantitative estimate of drug-likeness (QED) is 0.839. The Morgan fingerprint density at radius 1 is 1.12 bits per heavy atom. The van der Waals surface area contributed by atoms with Crippen LogP contribution in [0, 0.1) is 5.92 Å². The molecule has 0 spiro atoms. The predicted octanol–water partition coefficient (Wildman–Crippen LogP) is 2.80. The minimum Gasteiger partial charge on any atom is -0.481 e. The van der Waals surface area contributed by atoms with Crippen LogP contribution < -0.4 is 0 Å². The molecule has 0 heterocycles. The molecule has 1 aromatic rings. The summed E-state index contributed by atoms with van der Waals surface area (Å²) in [5.74, 6) is -4.01. The number of carbonyl (C=O) groups is 2. The van der Waals surface area contributed by atoms with E-state index in [0.29, 0.717) is 5.56 Å². The van der Waals surface area contributed by atoms with Gasteiger partial charge in [-0.15, -0.1) is 0 Å². The molecular formula is C12H15BrO4. The molecule has 0 atom stereocenters. The summed E-state index contributed by atoms with van der Waals surface area (Å²) < 4.78 is 0.869. The molecule has 1 aromatic carbocycles. The average molecular weight is 303 g/mol. The van der Waals surface area contributed by atoms with E-state index in [1.165, 1.54) is 0 Å². The fourth-order valence-electron chi connectivity index (χ4n) is 1.14. The van der Waals surface area contributed by atoms with E-state index < -0.39 is 17.9 Å². The van der Waals surface area contributed by atoms with Gasteiger partial charge in [0.05, 0.1) is 0 Å². The van der Waals surface area contributed by atoms with Crippen molar-refractivity contribution in [2.45, 2.75) is 20.3 Å². The van der Waals surface area contributed by atoms with Crippen molar-refractivity contribution in [2.75, 3.05) is 0 Å². The molecule has 2 N–H and O–H groups in total. The van der Waals surface area contributed by atoms with Crippen LogP contribution in [0.25, 0.3) is 0 Å². The summed E-state index contributed by atoms with van der Waals surface area (Å²) in [6.45, 7) is 4.00. The lowest BCUT2D eigenvalue weighted by molar-refractivity contribution is -0.154. The Balaban J connectivity index is 0.00000121. The van der Waals surface area contributed by atoms with E-state index in [4.69, 9.17) is 10.2 Å². The molecule has 0 saturated carbocycles. The maximum absolute atomic E-state index is 10.6. The maximum Gasteiger partial charge on any atom is 0.318 e. The van der Waals surface area contributed by atoms with Crippen molar-refractivity contribution in [2.24, 2.45) is 5.92 Å². The fourth-order valence-corrected chi connectivity index (χ4v) is 1.40. The first-order chi connectivity index (χ1) is 8.00. The van der Waals surface area contributed by atoms with E-state index in [2.05, 4.69) is 15.9 Å². The van der Waals surface area contributed by atoms with Crippen molar-refractivity contribution < 1.29 is 19.8 Å². The lowest BCUT2D eigenvalue weighted by atomic mass is 10.00. The highest BCUT2D eigenvalue weighted by atomic mass is 79.9. The summed E-state index contributed by atoms with van der Waals surface area (Å²) in [7, 11) is 0. The topological polar surface area (TPSA) is 74.6 Å². The number of carboxylic acid groups (broad SMARTS) is 2. The highest BCUT2D eigenvalue weighted by Crippen LogP contribution is 2.14. The van der Waals surface area contributed by atoms with Crippen molar-refractivity contribution >= 4 is 27.9 Å². The van der Waals surface area contributed by atoms with E-state index in [0.717, 1.165) is 4.47 Å². The number of hydrogen-bond acceptors (Lipinski definition) is 2. The maximum atomic E-state index is 10.6. The second kappa shape index (κ2) is 7.84. The fraction of sp³-hybridized carbons (Fsp3) is 0.333. The van der Waals surface area contributed by atoms with Gasteiger partial charge in [-0.1, -0.05) is 41.9 Å². The Morgan fingerprint density at radius 3 is 1.88 bits per heavy atom. The lowest BCUT2D eigenvalue weighted by Crippen LogP contribution is -2.25. The van der Waals surface area contributed by atoms with Gasteiger partial charge in [0.15, 0.2) is 5.92 Å². The van der Waals surface area contributed by atoms with Crippen LogP contribution in [0.4, 0.5) is 0 Å². The zero-order valence-corrected chi connectivity index (χ0v) is 11.3. The first kappa shape index (κ1) is 15.6. The molecule has 0 amide bonds. The third-order valence-corrected chi connectivity index (χ3v) is 2.48. The standard InChI is InChI=1S/C10H9BrO4.C2H6/c11-7-3-1-6(2-4-7)5-8(9(12)13)10(14)15;1-2/h1-4,8H,5H2,(H,12,13)(H,14,15);1-2H3. The van der Waals surface area contributed by atoms with Crippen LogP contribution in [0.2, 0.25) is 0 Å². The Bertz CT molecular complexity index is 359. The zero-order chi connectivity index (χ0) is 13.4. The highest BCUT2D eigenvalue weighted by Gasteiger charge is 2.25. The van der Waals surface area contributed by atoms with Crippen molar-refractivity contribution in [3.63, 3.8) is 0 Å². The number of hydrogen-bond donors (Lipinski definition) is 2. The summed E-state index contributed by atoms with van der Waals surface area (Å²) in [4.78, 5) is 21.2. The smallest absolute Gasteiger partial charge is 0.318 e. The lowest BCUT2D eigenvalue weighted by Gasteiger charge is -2.06. The molecular weight excluding hydrogens is 288 g/mol. The van der Waals surface area contributed by atoms with E-state index in [-0.39, 0.29) is 6.42 Å². The Hall–Kier alpha value is -1.36. The van der Waals surface area contributed by atoms with Crippen molar-refractivity contribution in [3.05, 3.63) is 34.3 Å². The zero-order valence-electron chi connectivity index (χ0n) is 9.68. The van der Waals surface area contributed by atoms with Crippen molar-refractivity contribution in [1.82, 2.24) is 0 Å². The number of halogens is 1. The second-order valence-electron chi connectivity index (χ2n) is 3.06. The van der Waals surface area contributed by atoms with Crippen molar-refractivity contribution in [1.29, 1.82) is 0 Å². The largest absolute Gasteiger partial charge is 0.481 e. The van der Waals surface area contributed by atoms with Crippen LogP contribution in [0.15, 0.2) is 28.7 Å². The van der Waals surface area contributed by atoms with Gasteiger partial charge in [-0.05, 0) is 24.1 Å². The molecule has 0 saturated heterocycles. The second-order valence-corrected chi connectivity index (χ2v) is 3.98. The minimum atomic E-state index is -1.38. The molecule has 0 radical (unpaired) electrons. The van der Waals surface area contributed by atoms with Crippen molar-refractivity contribution in [3.8, 4) is 0 Å². The van der Waals surface area contributed by atoms with Gasteiger partial charge in [0, 0.05) is 4.47 Å². The number of carboxylic acids is 2. The van der Waals surface area contributed by atoms with Crippen LogP contribution in [0.5, 0.6) is 0 Å². The first-order valence-electron chi connectivity index (χ1n) is 5.20. The SMILES string of the molecule is CC.O=C(O)C(Cc1ccc(Br)cc1)C(=O)O. The Kier molecular flexibility index (Phi) is 7.21. The third kappa shape index (κ3) is 5.49. The van der Waals surface area contributed by atoms with Gasteiger partial charge in [0.25, 0.3) is 0 Å². The van der Waals surface area contributed by atoms with E-state index in [1.54, 1.807) is 24.3 Å². The van der Waals surface area contributed by atoms with E-state index in [9.17, 15) is 9.59 Å². The number of benzene rings is 1. The van der Waals surface area contributed by atoms with E-state index in [1.807, 2.05) is 13.8 Å². The molecule has 4 nitrogen and oxygen atoms in total. The summed E-state index contributed by atoms with van der Waals surface area (Å²) >= 11 is 3.24. The number of aliphatic carboxylic acids is 2. The number of rotatable bonds is 4. The minimum absolute atomic E-state index is 0.00204. The predicted molar refractivity (Wildman–Crippen MR) is 68.0 cm³/mol. The van der Waals surface area contributed by atoms with Gasteiger partial charge >= 0.3 is 11.9 Å². The van der Waals surface area contributed by atoms with Crippen LogP contribution in [0.1, 0.15) is 19.4 Å². The van der Waals surface area contributed by atoms with Gasteiger partial charge in [-0.25, -0.2) is 0 Å². The van der Waals surface area contributed by atoms with Crippen LogP contribution in [-0.2, 0) is 16.0 Å². The van der Waals surface area contributed by atoms with Gasteiger partial charge in [0.2, 0.25) is 0 Å². The monoisotopic (exact) mass is 302 g/mol. The molecule has 17 heavy (non-hydrogen) atoms. The highest BCUT2D eigenvalue weighted by molar-refractivity contribution is 9.10. The summed E-state index contributed by atoms with van der Waals surface area (Å²) in [6, 6.07) is 6.89. The van der Waals surface area contributed by atoms with Crippen LogP contribution in [0.3, 0.4) is 0 Å². The van der Waals surface area contributed by atoms with Crippen LogP contribution >= 0.6 is 15.9 Å². The van der Waals surface area contributed by atoms with E-state index >= 15 is 0 Å². The Labute approximate surface area is 108 Å². The molecule has 0 aliphatic rings. The molecule has 94 valence electrons. The average Bonchev–Trinajstić information content (AvgIpc) is 2.30. The normalized spacial score (nSPS) is 9.41. The van der Waals surface area contributed by atoms with Gasteiger partial charge < -0.3 is 10.2 Å². The van der Waals surface area contributed by atoms with Gasteiger partial charge in [0.1, 0.15) is 0 Å². The molecule has 0 aliphatic carbocycles. The summed E-state index contributed by atoms with van der Waals surface area (Å²) in [5, 5.41) is 17.3. The molecule has 1 rings (SSSR count). The summed E-state index contributed by atoms with van der Waals surface area (Å²) in [6.07, 6.45) is -0.00204. The molecule has 0 bridgehead atoms. The molecule has 0 aliphatic heterocycles. The van der Waals surface area contributed by atoms with Gasteiger partial charge in [-0.3, -0.25) is 9.59 Å². The summed E-state index contributed by atoms with van der Waals surface area (Å²) in [5.41, 5.74) is 0.688. The molecule has 5 heteroatoms. The molecule has 0 aromatic heterocycles.